The lowest BCUT2D eigenvalue weighted by molar-refractivity contribution is 0.247. The molecule has 0 amide bonds. The first-order valence-electron chi connectivity index (χ1n) is 7.01. The van der Waals surface area contributed by atoms with Crippen molar-refractivity contribution >= 4 is 5.82 Å². The van der Waals surface area contributed by atoms with Gasteiger partial charge in [-0.2, -0.15) is 0 Å². The highest BCUT2D eigenvalue weighted by atomic mass is 15.3. The maximum absolute atomic E-state index is 5.55. The van der Waals surface area contributed by atoms with Gasteiger partial charge in [-0.3, -0.25) is 4.90 Å². The first-order valence-corrected chi connectivity index (χ1v) is 7.01. The Labute approximate surface area is 109 Å². The molecule has 1 saturated heterocycles. The van der Waals surface area contributed by atoms with Gasteiger partial charge < -0.3 is 10.6 Å². The van der Waals surface area contributed by atoms with E-state index in [1.54, 1.807) is 0 Å². The van der Waals surface area contributed by atoms with E-state index >= 15 is 0 Å². The van der Waals surface area contributed by atoms with Gasteiger partial charge in [0.2, 0.25) is 0 Å². The number of pyridine rings is 1. The van der Waals surface area contributed by atoms with Gasteiger partial charge in [-0.15, -0.1) is 0 Å². The molecule has 1 aliphatic heterocycles. The molecule has 0 bridgehead atoms. The molecule has 1 saturated carbocycles. The van der Waals surface area contributed by atoms with Crippen molar-refractivity contribution in [3.8, 4) is 0 Å². The van der Waals surface area contributed by atoms with Crippen molar-refractivity contribution in [1.82, 2.24) is 9.88 Å². The van der Waals surface area contributed by atoms with E-state index in [-0.39, 0.29) is 0 Å². The molecule has 0 unspecified atom stereocenters. The van der Waals surface area contributed by atoms with Crippen LogP contribution in [0.1, 0.15) is 18.4 Å². The van der Waals surface area contributed by atoms with Crippen LogP contribution in [0, 0.1) is 0 Å². The van der Waals surface area contributed by atoms with Crippen molar-refractivity contribution in [3.63, 3.8) is 0 Å². The second-order valence-electron chi connectivity index (χ2n) is 5.32. The van der Waals surface area contributed by atoms with Gasteiger partial charge in [0.05, 0.1) is 0 Å². The molecule has 4 nitrogen and oxygen atoms in total. The zero-order chi connectivity index (χ0) is 12.4. The zero-order valence-corrected chi connectivity index (χ0v) is 10.9. The van der Waals surface area contributed by atoms with Crippen LogP contribution in [0.15, 0.2) is 18.3 Å². The van der Waals surface area contributed by atoms with Crippen LogP contribution in [0.5, 0.6) is 0 Å². The lowest BCUT2D eigenvalue weighted by Crippen LogP contribution is -2.47. The van der Waals surface area contributed by atoms with E-state index in [0.717, 1.165) is 31.4 Å². The van der Waals surface area contributed by atoms with Crippen molar-refractivity contribution in [1.29, 1.82) is 0 Å². The lowest BCUT2D eigenvalue weighted by Gasteiger charge is -2.35. The SMILES string of the molecule is NCCc1ccc(N2CCN(C3CC3)CC2)nc1. The average molecular weight is 246 g/mol. The molecule has 2 aliphatic rings. The number of nitrogens with zero attached hydrogens (tertiary/aromatic N) is 3. The second kappa shape index (κ2) is 5.24. The van der Waals surface area contributed by atoms with E-state index in [1.165, 1.54) is 31.5 Å². The maximum atomic E-state index is 5.55. The predicted molar refractivity (Wildman–Crippen MR) is 73.8 cm³/mol. The van der Waals surface area contributed by atoms with Crippen molar-refractivity contribution in [2.24, 2.45) is 5.73 Å². The van der Waals surface area contributed by atoms with Crippen LogP contribution in [-0.2, 0) is 6.42 Å². The van der Waals surface area contributed by atoms with Crippen molar-refractivity contribution in [2.45, 2.75) is 25.3 Å². The van der Waals surface area contributed by atoms with E-state index in [9.17, 15) is 0 Å². The summed E-state index contributed by atoms with van der Waals surface area (Å²) < 4.78 is 0. The van der Waals surface area contributed by atoms with E-state index < -0.39 is 0 Å². The molecule has 2 heterocycles. The molecular weight excluding hydrogens is 224 g/mol. The zero-order valence-electron chi connectivity index (χ0n) is 10.9. The molecule has 1 aliphatic carbocycles. The number of rotatable bonds is 4. The van der Waals surface area contributed by atoms with Gasteiger partial charge in [-0.25, -0.2) is 4.98 Å². The molecule has 0 spiro atoms. The first-order chi connectivity index (χ1) is 8.86. The standard InChI is InChI=1S/C14H22N4/c15-6-5-12-1-4-14(16-11-12)18-9-7-17(8-10-18)13-2-3-13/h1,4,11,13H,2-3,5-10,15H2. The van der Waals surface area contributed by atoms with Crippen LogP contribution in [0.2, 0.25) is 0 Å². The number of hydrogen-bond acceptors (Lipinski definition) is 4. The molecule has 3 rings (SSSR count). The summed E-state index contributed by atoms with van der Waals surface area (Å²) in [5.41, 5.74) is 6.78. The fourth-order valence-electron chi connectivity index (χ4n) is 2.67. The molecule has 1 aromatic rings. The molecule has 0 atom stereocenters. The topological polar surface area (TPSA) is 45.4 Å². The van der Waals surface area contributed by atoms with Crippen LogP contribution in [0.3, 0.4) is 0 Å². The molecule has 0 aromatic carbocycles. The first kappa shape index (κ1) is 11.9. The smallest absolute Gasteiger partial charge is 0.128 e. The van der Waals surface area contributed by atoms with E-state index in [1.807, 2.05) is 6.20 Å². The van der Waals surface area contributed by atoms with Gasteiger partial charge in [0, 0.05) is 38.4 Å². The number of hydrogen-bond donors (Lipinski definition) is 1. The van der Waals surface area contributed by atoms with Crippen LogP contribution in [0.4, 0.5) is 5.82 Å². The summed E-state index contributed by atoms with van der Waals surface area (Å²) in [4.78, 5) is 9.58. The summed E-state index contributed by atoms with van der Waals surface area (Å²) in [6.07, 6.45) is 5.70. The number of nitrogens with two attached hydrogens (primary N) is 1. The van der Waals surface area contributed by atoms with E-state index in [2.05, 4.69) is 26.9 Å². The highest BCUT2D eigenvalue weighted by Crippen LogP contribution is 2.28. The Morgan fingerprint density at radius 2 is 1.94 bits per heavy atom. The van der Waals surface area contributed by atoms with Gasteiger partial charge in [0.25, 0.3) is 0 Å². The van der Waals surface area contributed by atoms with E-state index in [0.29, 0.717) is 6.54 Å². The largest absolute Gasteiger partial charge is 0.354 e. The van der Waals surface area contributed by atoms with Crippen molar-refractivity contribution < 1.29 is 0 Å². The van der Waals surface area contributed by atoms with Gasteiger partial charge >= 0.3 is 0 Å². The fourth-order valence-corrected chi connectivity index (χ4v) is 2.67. The predicted octanol–water partition coefficient (Wildman–Crippen LogP) is 0.867. The summed E-state index contributed by atoms with van der Waals surface area (Å²) in [6, 6.07) is 5.19. The molecule has 4 heteroatoms. The van der Waals surface area contributed by atoms with Crippen LogP contribution >= 0.6 is 0 Å². The number of anilines is 1. The van der Waals surface area contributed by atoms with Crippen LogP contribution < -0.4 is 10.6 Å². The molecule has 0 radical (unpaired) electrons. The molecule has 2 fully saturated rings. The third-order valence-corrected chi connectivity index (χ3v) is 3.94. The highest BCUT2D eigenvalue weighted by Gasteiger charge is 2.31. The summed E-state index contributed by atoms with van der Waals surface area (Å²) in [5, 5.41) is 0. The van der Waals surface area contributed by atoms with Crippen molar-refractivity contribution in [2.75, 3.05) is 37.6 Å². The average Bonchev–Trinajstić information content (AvgIpc) is 3.25. The molecule has 98 valence electrons. The Balaban J connectivity index is 1.57. The lowest BCUT2D eigenvalue weighted by atomic mass is 10.2. The summed E-state index contributed by atoms with van der Waals surface area (Å²) in [6.45, 7) is 5.30. The fraction of sp³-hybridized carbons (Fsp3) is 0.643. The van der Waals surface area contributed by atoms with Crippen molar-refractivity contribution in [3.05, 3.63) is 23.9 Å². The van der Waals surface area contributed by atoms with Gasteiger partial charge in [0.1, 0.15) is 5.82 Å². The second-order valence-corrected chi connectivity index (χ2v) is 5.32. The normalized spacial score (nSPS) is 21.3. The Morgan fingerprint density at radius 1 is 1.17 bits per heavy atom. The Bertz CT molecular complexity index is 377. The Kier molecular flexibility index (Phi) is 3.48. The number of aromatic nitrogens is 1. The van der Waals surface area contributed by atoms with Crippen LogP contribution in [0.25, 0.3) is 0 Å². The minimum Gasteiger partial charge on any atom is -0.354 e. The number of piperazine rings is 1. The summed E-state index contributed by atoms with van der Waals surface area (Å²) in [7, 11) is 0. The summed E-state index contributed by atoms with van der Waals surface area (Å²) in [5.74, 6) is 1.12. The maximum Gasteiger partial charge on any atom is 0.128 e. The minimum atomic E-state index is 0.696. The molecule has 1 aromatic heterocycles. The van der Waals surface area contributed by atoms with Gasteiger partial charge in [-0.05, 0) is 37.4 Å². The molecule has 2 N–H and O–H groups in total. The van der Waals surface area contributed by atoms with Gasteiger partial charge in [0.15, 0.2) is 0 Å². The quantitative estimate of drug-likeness (QED) is 0.856. The Morgan fingerprint density at radius 3 is 2.50 bits per heavy atom. The minimum absolute atomic E-state index is 0.696. The van der Waals surface area contributed by atoms with E-state index in [4.69, 9.17) is 5.73 Å². The highest BCUT2D eigenvalue weighted by molar-refractivity contribution is 5.40. The van der Waals surface area contributed by atoms with Crippen LogP contribution in [-0.4, -0.2) is 48.6 Å². The summed E-state index contributed by atoms with van der Waals surface area (Å²) >= 11 is 0. The molecule has 18 heavy (non-hydrogen) atoms. The third-order valence-electron chi connectivity index (χ3n) is 3.94. The monoisotopic (exact) mass is 246 g/mol. The van der Waals surface area contributed by atoms with Gasteiger partial charge in [-0.1, -0.05) is 6.07 Å². The molecular formula is C14H22N4. The Hall–Kier alpha value is -1.13. The third kappa shape index (κ3) is 2.65.